The Balaban J connectivity index is 2.06. The molecule has 0 aliphatic rings. The molecule has 1 aromatic carbocycles. The van der Waals surface area contributed by atoms with E-state index in [1.54, 1.807) is 37.3 Å². The van der Waals surface area contributed by atoms with Crippen molar-refractivity contribution < 1.29 is 27.5 Å². The number of benzene rings is 1. The molecule has 0 aliphatic carbocycles. The van der Waals surface area contributed by atoms with E-state index < -0.39 is 28.2 Å². The molecule has 12 heteroatoms. The molecule has 0 atom stereocenters. The van der Waals surface area contributed by atoms with Crippen molar-refractivity contribution in [3.05, 3.63) is 58.0 Å². The number of para-hydroxylation sites is 1. The molecule has 0 saturated heterocycles. The van der Waals surface area contributed by atoms with Crippen LogP contribution in [0.25, 0.3) is 5.69 Å². The molecule has 8 nitrogen and oxygen atoms in total. The van der Waals surface area contributed by atoms with Crippen LogP contribution < -0.4 is 5.32 Å². The Kier molecular flexibility index (Phi) is 5.97. The lowest BCUT2D eigenvalue weighted by Crippen LogP contribution is -2.21. The van der Waals surface area contributed by atoms with Gasteiger partial charge in [-0.05, 0) is 35.0 Å². The highest BCUT2D eigenvalue weighted by atomic mass is 79.9. The standard InChI is InChI=1S/C18H15BrF3N5O3/c1-3-30-17(29)11-9-23-27(10-7-5-4-6-8-10)15(11)24-16(28)13-12(19)14(18(20,21)22)25-26(13)2/h4-9H,3H2,1-2H3,(H,24,28). The monoisotopic (exact) mass is 485 g/mol. The van der Waals surface area contributed by atoms with Gasteiger partial charge in [-0.25, -0.2) is 9.48 Å². The molecule has 3 rings (SSSR count). The van der Waals surface area contributed by atoms with E-state index in [-0.39, 0.29) is 23.7 Å². The molecule has 2 heterocycles. The summed E-state index contributed by atoms with van der Waals surface area (Å²) in [6, 6.07) is 8.57. The Morgan fingerprint density at radius 2 is 1.90 bits per heavy atom. The van der Waals surface area contributed by atoms with Gasteiger partial charge in [-0.1, -0.05) is 18.2 Å². The number of alkyl halides is 3. The fourth-order valence-corrected chi connectivity index (χ4v) is 3.43. The molecule has 0 spiro atoms. The minimum atomic E-state index is -4.75. The van der Waals surface area contributed by atoms with Crippen molar-refractivity contribution in [1.82, 2.24) is 19.6 Å². The second-order valence-corrected chi connectivity index (χ2v) is 6.75. The number of carbonyl (C=O) groups excluding carboxylic acids is 2. The number of aryl methyl sites for hydroxylation is 1. The minimum absolute atomic E-state index is 0.0497. The summed E-state index contributed by atoms with van der Waals surface area (Å²) in [6.45, 7) is 1.70. The third-order valence-corrected chi connectivity index (χ3v) is 4.72. The first-order valence-corrected chi connectivity index (χ1v) is 9.36. The predicted octanol–water partition coefficient (Wildman–Crippen LogP) is 3.82. The summed E-state index contributed by atoms with van der Waals surface area (Å²) in [5.74, 6) is -1.71. The number of ether oxygens (including phenoxy) is 1. The number of carbonyl (C=O) groups is 2. The quantitative estimate of drug-likeness (QED) is 0.554. The highest BCUT2D eigenvalue weighted by Gasteiger charge is 2.39. The summed E-state index contributed by atoms with van der Waals surface area (Å²) in [4.78, 5) is 25.1. The van der Waals surface area contributed by atoms with Crippen molar-refractivity contribution in [1.29, 1.82) is 0 Å². The Bertz CT molecular complexity index is 1090. The normalized spacial score (nSPS) is 11.4. The molecule has 0 bridgehead atoms. The van der Waals surface area contributed by atoms with E-state index in [2.05, 4.69) is 31.4 Å². The maximum absolute atomic E-state index is 13.1. The molecule has 158 valence electrons. The maximum atomic E-state index is 13.1. The van der Waals surface area contributed by atoms with Crippen molar-refractivity contribution in [2.24, 2.45) is 7.05 Å². The third kappa shape index (κ3) is 4.08. The van der Waals surface area contributed by atoms with Crippen LogP contribution in [0.5, 0.6) is 0 Å². The molecule has 2 aromatic heterocycles. The molecule has 0 saturated carbocycles. The average Bonchev–Trinajstić information content (AvgIpc) is 3.23. The first kappa shape index (κ1) is 21.6. The Hall–Kier alpha value is -3.15. The predicted molar refractivity (Wildman–Crippen MR) is 103 cm³/mol. The highest BCUT2D eigenvalue weighted by molar-refractivity contribution is 9.10. The lowest BCUT2D eigenvalue weighted by molar-refractivity contribution is -0.142. The number of hydrogen-bond donors (Lipinski definition) is 1. The molecule has 0 unspecified atom stereocenters. The Morgan fingerprint density at radius 3 is 2.47 bits per heavy atom. The molecule has 1 N–H and O–H groups in total. The van der Waals surface area contributed by atoms with Crippen LogP contribution in [0.15, 0.2) is 41.0 Å². The zero-order valence-electron chi connectivity index (χ0n) is 15.7. The topological polar surface area (TPSA) is 91.0 Å². The lowest BCUT2D eigenvalue weighted by Gasteiger charge is -2.11. The summed E-state index contributed by atoms with van der Waals surface area (Å²) < 4.78 is 45.9. The number of halogens is 4. The molecular weight excluding hydrogens is 471 g/mol. The summed E-state index contributed by atoms with van der Waals surface area (Å²) >= 11 is 2.80. The summed E-state index contributed by atoms with van der Waals surface area (Å²) in [5, 5.41) is 9.94. The molecule has 0 fully saturated rings. The van der Waals surface area contributed by atoms with Gasteiger partial charge in [-0.15, -0.1) is 0 Å². The van der Waals surface area contributed by atoms with Crippen LogP contribution in [0, 0.1) is 0 Å². The molecule has 1 amide bonds. The van der Waals surface area contributed by atoms with Crippen LogP contribution in [-0.2, 0) is 18.0 Å². The van der Waals surface area contributed by atoms with Gasteiger partial charge in [-0.2, -0.15) is 23.4 Å². The van der Waals surface area contributed by atoms with Crippen LogP contribution in [0.2, 0.25) is 0 Å². The van der Waals surface area contributed by atoms with E-state index >= 15 is 0 Å². The highest BCUT2D eigenvalue weighted by Crippen LogP contribution is 2.36. The van der Waals surface area contributed by atoms with Crippen LogP contribution in [-0.4, -0.2) is 38.0 Å². The van der Waals surface area contributed by atoms with Gasteiger partial charge in [0.2, 0.25) is 0 Å². The molecule has 0 radical (unpaired) electrons. The first-order chi connectivity index (χ1) is 14.1. The van der Waals surface area contributed by atoms with Gasteiger partial charge in [0.05, 0.1) is 23.0 Å². The van der Waals surface area contributed by atoms with Gasteiger partial charge in [0.25, 0.3) is 5.91 Å². The minimum Gasteiger partial charge on any atom is -0.462 e. The Labute approximate surface area is 176 Å². The Morgan fingerprint density at radius 1 is 1.23 bits per heavy atom. The van der Waals surface area contributed by atoms with Crippen molar-refractivity contribution in [3.63, 3.8) is 0 Å². The van der Waals surface area contributed by atoms with Crippen LogP contribution in [0.1, 0.15) is 33.5 Å². The number of aromatic nitrogens is 4. The molecule has 3 aromatic rings. The van der Waals surface area contributed by atoms with Gasteiger partial charge in [-0.3, -0.25) is 9.48 Å². The zero-order valence-corrected chi connectivity index (χ0v) is 17.3. The van der Waals surface area contributed by atoms with Gasteiger partial charge >= 0.3 is 12.1 Å². The van der Waals surface area contributed by atoms with E-state index in [1.807, 2.05) is 0 Å². The number of nitrogens with one attached hydrogen (secondary N) is 1. The van der Waals surface area contributed by atoms with Gasteiger partial charge in [0, 0.05) is 7.05 Å². The largest absolute Gasteiger partial charge is 0.462 e. The maximum Gasteiger partial charge on any atom is 0.436 e. The van der Waals surface area contributed by atoms with Crippen molar-refractivity contribution >= 4 is 33.6 Å². The number of esters is 1. The summed E-state index contributed by atoms with van der Waals surface area (Å²) in [7, 11) is 1.20. The number of amides is 1. The first-order valence-electron chi connectivity index (χ1n) is 8.56. The molecule has 30 heavy (non-hydrogen) atoms. The van der Waals surface area contributed by atoms with Crippen LogP contribution in [0.3, 0.4) is 0 Å². The average molecular weight is 486 g/mol. The number of nitrogens with zero attached hydrogens (tertiary/aromatic N) is 4. The van der Waals surface area contributed by atoms with Crippen molar-refractivity contribution in [2.75, 3.05) is 11.9 Å². The van der Waals surface area contributed by atoms with E-state index in [1.165, 1.54) is 17.9 Å². The van der Waals surface area contributed by atoms with Crippen molar-refractivity contribution in [3.8, 4) is 5.69 Å². The second kappa shape index (κ2) is 8.30. The van der Waals surface area contributed by atoms with Gasteiger partial charge in [0.1, 0.15) is 11.3 Å². The summed E-state index contributed by atoms with van der Waals surface area (Å²) in [5.41, 5.74) is -1.15. The third-order valence-electron chi connectivity index (χ3n) is 3.97. The molecular formula is C18H15BrF3N5O3. The van der Waals surface area contributed by atoms with Crippen LogP contribution in [0.4, 0.5) is 19.0 Å². The number of rotatable bonds is 5. The van der Waals surface area contributed by atoms with Gasteiger partial charge in [0.15, 0.2) is 11.5 Å². The number of anilines is 1. The van der Waals surface area contributed by atoms with Crippen molar-refractivity contribution in [2.45, 2.75) is 13.1 Å². The van der Waals surface area contributed by atoms with Crippen LogP contribution >= 0.6 is 15.9 Å². The lowest BCUT2D eigenvalue weighted by atomic mass is 10.2. The van der Waals surface area contributed by atoms with E-state index in [4.69, 9.17) is 4.74 Å². The summed E-state index contributed by atoms with van der Waals surface area (Å²) in [6.07, 6.45) is -3.54. The zero-order chi connectivity index (χ0) is 22.1. The van der Waals surface area contributed by atoms with Gasteiger partial charge < -0.3 is 10.1 Å². The number of hydrogen-bond acceptors (Lipinski definition) is 5. The van der Waals surface area contributed by atoms with E-state index in [9.17, 15) is 22.8 Å². The SMILES string of the molecule is CCOC(=O)c1cnn(-c2ccccc2)c1NC(=O)c1c(Br)c(C(F)(F)F)nn1C. The fraction of sp³-hybridized carbons (Fsp3) is 0.222. The fourth-order valence-electron chi connectivity index (χ4n) is 2.68. The van der Waals surface area contributed by atoms with E-state index in [0.29, 0.717) is 5.69 Å². The second-order valence-electron chi connectivity index (χ2n) is 5.96. The molecule has 0 aliphatic heterocycles. The van der Waals surface area contributed by atoms with E-state index in [0.717, 1.165) is 4.68 Å². The smallest absolute Gasteiger partial charge is 0.436 e.